The second kappa shape index (κ2) is 6.97. The Morgan fingerprint density at radius 3 is 2.82 bits per heavy atom. The molecule has 4 nitrogen and oxygen atoms in total. The number of nitrogens with two attached hydrogens (primary N) is 1. The lowest BCUT2D eigenvalue weighted by atomic mass is 9.99. The number of hydrogen-bond acceptors (Lipinski definition) is 3. The van der Waals surface area contributed by atoms with Crippen LogP contribution in [0.25, 0.3) is 0 Å². The molecule has 0 radical (unpaired) electrons. The van der Waals surface area contributed by atoms with Crippen molar-refractivity contribution in [2.45, 2.75) is 51.6 Å². The van der Waals surface area contributed by atoms with Gasteiger partial charge >= 0.3 is 0 Å². The number of piperidine rings is 1. The number of nitrogens with zero attached hydrogens (tertiary/aromatic N) is 1. The molecule has 3 atom stereocenters. The van der Waals surface area contributed by atoms with E-state index in [2.05, 4.69) is 24.2 Å². The highest BCUT2D eigenvalue weighted by Gasteiger charge is 2.22. The lowest BCUT2D eigenvalue weighted by Crippen LogP contribution is -2.50. The summed E-state index contributed by atoms with van der Waals surface area (Å²) in [6.45, 7) is 5.96. The molecule has 1 rings (SSSR count). The Labute approximate surface area is 105 Å². The van der Waals surface area contributed by atoms with Crippen molar-refractivity contribution in [1.82, 2.24) is 10.2 Å². The molecule has 17 heavy (non-hydrogen) atoms. The van der Waals surface area contributed by atoms with Crippen molar-refractivity contribution in [2.24, 2.45) is 11.7 Å². The van der Waals surface area contributed by atoms with E-state index in [4.69, 9.17) is 5.73 Å². The third-order valence-electron chi connectivity index (χ3n) is 3.99. The fourth-order valence-electron chi connectivity index (χ4n) is 2.25. The number of hydrogen-bond donors (Lipinski definition) is 2. The van der Waals surface area contributed by atoms with Crippen LogP contribution in [0, 0.1) is 5.92 Å². The van der Waals surface area contributed by atoms with Gasteiger partial charge in [0, 0.05) is 12.6 Å². The van der Waals surface area contributed by atoms with Gasteiger partial charge in [-0.3, -0.25) is 4.79 Å². The molecule has 0 aliphatic carbocycles. The number of nitrogens with one attached hydrogen (secondary N) is 1. The summed E-state index contributed by atoms with van der Waals surface area (Å²) >= 11 is 0. The Balaban J connectivity index is 2.31. The number of carbonyl (C=O) groups is 1. The summed E-state index contributed by atoms with van der Waals surface area (Å²) in [6, 6.07) is 0.116. The van der Waals surface area contributed by atoms with Crippen LogP contribution in [0.1, 0.15) is 39.5 Å². The second-order valence-corrected chi connectivity index (χ2v) is 5.29. The van der Waals surface area contributed by atoms with Crippen molar-refractivity contribution in [1.29, 1.82) is 0 Å². The van der Waals surface area contributed by atoms with Gasteiger partial charge in [0.05, 0.1) is 6.04 Å². The minimum Gasteiger partial charge on any atom is -0.353 e. The van der Waals surface area contributed by atoms with Gasteiger partial charge in [0.2, 0.25) is 5.91 Å². The van der Waals surface area contributed by atoms with Gasteiger partial charge in [-0.15, -0.1) is 0 Å². The number of likely N-dealkylation sites (N-methyl/N-ethyl adjacent to an activating group) is 1. The fraction of sp³-hybridized carbons (Fsp3) is 0.923. The van der Waals surface area contributed by atoms with Crippen LogP contribution in [0.5, 0.6) is 0 Å². The van der Waals surface area contributed by atoms with E-state index in [1.54, 1.807) is 0 Å². The number of carbonyl (C=O) groups excluding carboxylic acids is 1. The minimum atomic E-state index is -0.367. The molecule has 1 aliphatic rings. The zero-order valence-corrected chi connectivity index (χ0v) is 11.4. The quantitative estimate of drug-likeness (QED) is 0.754. The molecule has 1 aliphatic heterocycles. The molecule has 1 fully saturated rings. The summed E-state index contributed by atoms with van der Waals surface area (Å²) < 4.78 is 0. The van der Waals surface area contributed by atoms with Crippen LogP contribution in [0.2, 0.25) is 0 Å². The first-order chi connectivity index (χ1) is 8.06. The maximum atomic E-state index is 11.8. The van der Waals surface area contributed by atoms with E-state index in [9.17, 15) is 4.79 Å². The highest BCUT2D eigenvalue weighted by atomic mass is 16.2. The molecule has 2 unspecified atom stereocenters. The van der Waals surface area contributed by atoms with E-state index in [0.717, 1.165) is 19.5 Å². The predicted molar refractivity (Wildman–Crippen MR) is 70.7 cm³/mol. The SMILES string of the molecule is CCC(C)[C@H](N)C(=O)NCC1CCCCN1C. The Kier molecular flexibility index (Phi) is 5.92. The largest absolute Gasteiger partial charge is 0.353 e. The van der Waals surface area contributed by atoms with Crippen molar-refractivity contribution in [2.75, 3.05) is 20.1 Å². The van der Waals surface area contributed by atoms with Crippen molar-refractivity contribution in [3.05, 3.63) is 0 Å². The summed E-state index contributed by atoms with van der Waals surface area (Å²) in [6.07, 6.45) is 4.66. The van der Waals surface area contributed by atoms with Gasteiger partial charge in [0.15, 0.2) is 0 Å². The molecule has 100 valence electrons. The van der Waals surface area contributed by atoms with E-state index < -0.39 is 0 Å². The maximum Gasteiger partial charge on any atom is 0.237 e. The average molecular weight is 241 g/mol. The van der Waals surface area contributed by atoms with Crippen molar-refractivity contribution < 1.29 is 4.79 Å². The topological polar surface area (TPSA) is 58.4 Å². The van der Waals surface area contributed by atoms with E-state index in [1.807, 2.05) is 6.92 Å². The monoisotopic (exact) mass is 241 g/mol. The number of amides is 1. The van der Waals surface area contributed by atoms with Crippen LogP contribution in [-0.4, -0.2) is 43.0 Å². The first-order valence-corrected chi connectivity index (χ1v) is 6.79. The molecule has 1 saturated heterocycles. The molecule has 0 aromatic carbocycles. The van der Waals surface area contributed by atoms with Gasteiger partial charge in [0.1, 0.15) is 0 Å². The van der Waals surface area contributed by atoms with Gasteiger partial charge in [-0.05, 0) is 32.4 Å². The van der Waals surface area contributed by atoms with Crippen molar-refractivity contribution in [3.8, 4) is 0 Å². The van der Waals surface area contributed by atoms with Crippen LogP contribution in [0.15, 0.2) is 0 Å². The van der Waals surface area contributed by atoms with Crippen LogP contribution < -0.4 is 11.1 Å². The third kappa shape index (κ3) is 4.28. The van der Waals surface area contributed by atoms with E-state index in [-0.39, 0.29) is 17.9 Å². The van der Waals surface area contributed by atoms with Gasteiger partial charge in [-0.2, -0.15) is 0 Å². The van der Waals surface area contributed by atoms with Crippen LogP contribution >= 0.6 is 0 Å². The molecule has 0 aromatic heterocycles. The van der Waals surface area contributed by atoms with E-state index in [1.165, 1.54) is 19.3 Å². The molecular formula is C13H27N3O. The predicted octanol–water partition coefficient (Wildman–Crippen LogP) is 0.960. The molecular weight excluding hydrogens is 214 g/mol. The Morgan fingerprint density at radius 1 is 1.53 bits per heavy atom. The summed E-state index contributed by atoms with van der Waals surface area (Å²) in [7, 11) is 2.13. The molecule has 4 heteroatoms. The molecule has 1 heterocycles. The minimum absolute atomic E-state index is 0.00155. The summed E-state index contributed by atoms with van der Waals surface area (Å²) in [4.78, 5) is 14.2. The summed E-state index contributed by atoms with van der Waals surface area (Å²) in [5.74, 6) is 0.248. The van der Waals surface area contributed by atoms with Crippen molar-refractivity contribution >= 4 is 5.91 Å². The lowest BCUT2D eigenvalue weighted by molar-refractivity contribution is -0.123. The Bertz CT molecular complexity index is 245. The van der Waals surface area contributed by atoms with Gasteiger partial charge in [-0.25, -0.2) is 0 Å². The van der Waals surface area contributed by atoms with Gasteiger partial charge in [-0.1, -0.05) is 26.7 Å². The molecule has 0 aromatic rings. The standard InChI is InChI=1S/C13H27N3O/c1-4-10(2)12(14)13(17)15-9-11-7-5-6-8-16(11)3/h10-12H,4-9,14H2,1-3H3,(H,15,17)/t10?,11?,12-/m0/s1. The van der Waals surface area contributed by atoms with Crippen LogP contribution in [-0.2, 0) is 4.79 Å². The molecule has 0 bridgehead atoms. The van der Waals surface area contributed by atoms with Crippen LogP contribution in [0.3, 0.4) is 0 Å². The normalized spacial score (nSPS) is 25.3. The zero-order valence-electron chi connectivity index (χ0n) is 11.4. The number of rotatable bonds is 5. The second-order valence-electron chi connectivity index (χ2n) is 5.29. The van der Waals surface area contributed by atoms with Crippen molar-refractivity contribution in [3.63, 3.8) is 0 Å². The molecule has 1 amide bonds. The van der Waals surface area contributed by atoms with E-state index in [0.29, 0.717) is 6.04 Å². The zero-order chi connectivity index (χ0) is 12.8. The van der Waals surface area contributed by atoms with E-state index >= 15 is 0 Å². The van der Waals surface area contributed by atoms with Gasteiger partial charge in [0.25, 0.3) is 0 Å². The molecule has 0 spiro atoms. The lowest BCUT2D eigenvalue weighted by Gasteiger charge is -2.33. The first kappa shape index (κ1) is 14.5. The smallest absolute Gasteiger partial charge is 0.237 e. The Hall–Kier alpha value is -0.610. The summed E-state index contributed by atoms with van der Waals surface area (Å²) in [5, 5.41) is 2.99. The summed E-state index contributed by atoms with van der Waals surface area (Å²) in [5.41, 5.74) is 5.90. The first-order valence-electron chi connectivity index (χ1n) is 6.79. The molecule has 3 N–H and O–H groups in total. The highest BCUT2D eigenvalue weighted by molar-refractivity contribution is 5.81. The fourth-order valence-corrected chi connectivity index (χ4v) is 2.25. The van der Waals surface area contributed by atoms with Gasteiger partial charge < -0.3 is 16.0 Å². The number of likely N-dealkylation sites (tertiary alicyclic amines) is 1. The molecule has 0 saturated carbocycles. The maximum absolute atomic E-state index is 11.8. The Morgan fingerprint density at radius 2 is 2.24 bits per heavy atom. The third-order valence-corrected chi connectivity index (χ3v) is 3.99. The average Bonchev–Trinajstić information content (AvgIpc) is 2.35. The highest BCUT2D eigenvalue weighted by Crippen LogP contribution is 2.14. The van der Waals surface area contributed by atoms with Crippen LogP contribution in [0.4, 0.5) is 0 Å².